The van der Waals surface area contributed by atoms with Crippen LogP contribution in [-0.4, -0.2) is 30.2 Å². The molecule has 0 fully saturated rings. The number of rotatable bonds is 8. The van der Waals surface area contributed by atoms with Gasteiger partial charge in [0, 0.05) is 19.7 Å². The van der Waals surface area contributed by atoms with Gasteiger partial charge in [0.1, 0.15) is 12.4 Å². The number of hydrogen-bond acceptors (Lipinski definition) is 5. The lowest BCUT2D eigenvalue weighted by Crippen LogP contribution is -2.08. The lowest BCUT2D eigenvalue weighted by molar-refractivity contribution is 0.176. The Labute approximate surface area is 109 Å². The number of aromatic nitrogens is 2. The van der Waals surface area contributed by atoms with E-state index in [4.69, 9.17) is 9.47 Å². The molecule has 5 heteroatoms. The van der Waals surface area contributed by atoms with Crippen LogP contribution in [0.5, 0.6) is 5.88 Å². The van der Waals surface area contributed by atoms with Crippen molar-refractivity contribution in [3.63, 3.8) is 0 Å². The quantitative estimate of drug-likeness (QED) is 0.771. The van der Waals surface area contributed by atoms with Crippen molar-refractivity contribution in [3.05, 3.63) is 11.9 Å². The number of ether oxygens (including phenoxy) is 2. The normalized spacial score (nSPS) is 10.7. The van der Waals surface area contributed by atoms with E-state index in [-0.39, 0.29) is 0 Å². The van der Waals surface area contributed by atoms with Crippen molar-refractivity contribution in [3.8, 4) is 5.88 Å². The molecule has 0 spiro atoms. The number of anilines is 1. The molecule has 1 rings (SSSR count). The first-order valence-corrected chi connectivity index (χ1v) is 6.39. The van der Waals surface area contributed by atoms with Gasteiger partial charge in [0.2, 0.25) is 5.88 Å². The fourth-order valence-corrected chi connectivity index (χ4v) is 1.41. The van der Waals surface area contributed by atoms with E-state index in [9.17, 15) is 0 Å². The van der Waals surface area contributed by atoms with E-state index in [1.54, 1.807) is 7.11 Å². The van der Waals surface area contributed by atoms with E-state index >= 15 is 0 Å². The Morgan fingerprint density at radius 2 is 2.11 bits per heavy atom. The molecule has 0 amide bonds. The molecule has 0 unspecified atom stereocenters. The molecule has 0 aromatic carbocycles. The standard InChI is InChI=1S/C13H23N3O2/c1-5-14-11-8-13(18-7-6-10(2)3)16-12(15-11)9-17-4/h8,10H,5-7,9H2,1-4H3,(H,14,15,16). The molecular weight excluding hydrogens is 230 g/mol. The van der Waals surface area contributed by atoms with E-state index in [1.807, 2.05) is 13.0 Å². The Balaban J connectivity index is 2.69. The van der Waals surface area contributed by atoms with Crippen molar-refractivity contribution in [2.24, 2.45) is 5.92 Å². The molecule has 1 N–H and O–H groups in total. The molecule has 0 bridgehead atoms. The van der Waals surface area contributed by atoms with Crippen molar-refractivity contribution in [2.45, 2.75) is 33.8 Å². The fourth-order valence-electron chi connectivity index (χ4n) is 1.41. The molecule has 1 heterocycles. The van der Waals surface area contributed by atoms with E-state index < -0.39 is 0 Å². The first-order valence-electron chi connectivity index (χ1n) is 6.39. The van der Waals surface area contributed by atoms with Gasteiger partial charge in [0.15, 0.2) is 5.82 Å². The Bertz CT molecular complexity index is 332. The summed E-state index contributed by atoms with van der Waals surface area (Å²) in [5, 5.41) is 3.16. The maximum atomic E-state index is 5.64. The molecule has 1 aromatic rings. The largest absolute Gasteiger partial charge is 0.478 e. The number of hydrogen-bond donors (Lipinski definition) is 1. The van der Waals surface area contributed by atoms with Crippen LogP contribution in [0.25, 0.3) is 0 Å². The van der Waals surface area contributed by atoms with E-state index in [2.05, 4.69) is 29.1 Å². The summed E-state index contributed by atoms with van der Waals surface area (Å²) in [6, 6.07) is 1.82. The molecule has 1 aromatic heterocycles. The second kappa shape index (κ2) is 7.87. The third-order valence-corrected chi connectivity index (χ3v) is 2.33. The van der Waals surface area contributed by atoms with Crippen LogP contribution in [0.3, 0.4) is 0 Å². The molecule has 102 valence electrons. The SMILES string of the molecule is CCNc1cc(OCCC(C)C)nc(COC)n1. The van der Waals surface area contributed by atoms with Gasteiger partial charge in [-0.15, -0.1) is 0 Å². The van der Waals surface area contributed by atoms with Gasteiger partial charge in [-0.1, -0.05) is 13.8 Å². The lowest BCUT2D eigenvalue weighted by Gasteiger charge is -2.10. The van der Waals surface area contributed by atoms with Gasteiger partial charge in [-0.05, 0) is 19.3 Å². The molecule has 0 radical (unpaired) electrons. The van der Waals surface area contributed by atoms with Crippen molar-refractivity contribution >= 4 is 5.82 Å². The number of nitrogens with zero attached hydrogens (tertiary/aromatic N) is 2. The Kier molecular flexibility index (Phi) is 6.43. The molecule has 0 saturated heterocycles. The van der Waals surface area contributed by atoms with Gasteiger partial charge >= 0.3 is 0 Å². The van der Waals surface area contributed by atoms with Crippen LogP contribution in [0.1, 0.15) is 33.0 Å². The van der Waals surface area contributed by atoms with Crippen LogP contribution < -0.4 is 10.1 Å². The van der Waals surface area contributed by atoms with Crippen molar-refractivity contribution in [2.75, 3.05) is 25.6 Å². The zero-order chi connectivity index (χ0) is 13.4. The summed E-state index contributed by atoms with van der Waals surface area (Å²) in [6.07, 6.45) is 1.01. The van der Waals surface area contributed by atoms with Crippen LogP contribution in [-0.2, 0) is 11.3 Å². The summed E-state index contributed by atoms with van der Waals surface area (Å²) in [7, 11) is 1.63. The van der Waals surface area contributed by atoms with Crippen molar-refractivity contribution < 1.29 is 9.47 Å². The van der Waals surface area contributed by atoms with Crippen LogP contribution >= 0.6 is 0 Å². The smallest absolute Gasteiger partial charge is 0.218 e. The fraction of sp³-hybridized carbons (Fsp3) is 0.692. The Morgan fingerprint density at radius 1 is 1.33 bits per heavy atom. The molecule has 0 aliphatic heterocycles. The highest BCUT2D eigenvalue weighted by Crippen LogP contribution is 2.15. The van der Waals surface area contributed by atoms with Gasteiger partial charge in [0.05, 0.1) is 6.61 Å². The second-order valence-electron chi connectivity index (χ2n) is 4.50. The lowest BCUT2D eigenvalue weighted by atomic mass is 10.1. The van der Waals surface area contributed by atoms with Crippen LogP contribution in [0.2, 0.25) is 0 Å². The number of methoxy groups -OCH3 is 1. The average molecular weight is 253 g/mol. The second-order valence-corrected chi connectivity index (χ2v) is 4.50. The first kappa shape index (κ1) is 14.7. The predicted molar refractivity (Wildman–Crippen MR) is 71.9 cm³/mol. The Morgan fingerprint density at radius 3 is 2.72 bits per heavy atom. The minimum absolute atomic E-state index is 0.389. The maximum absolute atomic E-state index is 5.64. The monoisotopic (exact) mass is 253 g/mol. The topological polar surface area (TPSA) is 56.3 Å². The van der Waals surface area contributed by atoms with Gasteiger partial charge in [-0.3, -0.25) is 0 Å². The molecule has 0 atom stereocenters. The van der Waals surface area contributed by atoms with Gasteiger partial charge in [-0.25, -0.2) is 4.98 Å². The summed E-state index contributed by atoms with van der Waals surface area (Å²) in [5.74, 6) is 2.64. The molecule has 18 heavy (non-hydrogen) atoms. The minimum atomic E-state index is 0.389. The summed E-state index contributed by atoms with van der Waals surface area (Å²) >= 11 is 0. The average Bonchev–Trinajstić information content (AvgIpc) is 2.29. The third kappa shape index (κ3) is 5.31. The van der Waals surface area contributed by atoms with Gasteiger partial charge in [-0.2, -0.15) is 4.98 Å². The highest BCUT2D eigenvalue weighted by Gasteiger charge is 2.05. The summed E-state index contributed by atoms with van der Waals surface area (Å²) < 4.78 is 10.7. The number of nitrogens with one attached hydrogen (secondary N) is 1. The van der Waals surface area contributed by atoms with Crippen molar-refractivity contribution in [1.29, 1.82) is 0 Å². The third-order valence-electron chi connectivity index (χ3n) is 2.33. The maximum Gasteiger partial charge on any atom is 0.218 e. The van der Waals surface area contributed by atoms with Gasteiger partial charge in [0.25, 0.3) is 0 Å². The van der Waals surface area contributed by atoms with Crippen LogP contribution in [0.4, 0.5) is 5.82 Å². The molecule has 5 nitrogen and oxygen atoms in total. The summed E-state index contributed by atoms with van der Waals surface area (Å²) in [5.41, 5.74) is 0. The van der Waals surface area contributed by atoms with E-state index in [1.165, 1.54) is 0 Å². The summed E-state index contributed by atoms with van der Waals surface area (Å²) in [6.45, 7) is 8.24. The highest BCUT2D eigenvalue weighted by molar-refractivity contribution is 5.38. The van der Waals surface area contributed by atoms with E-state index in [0.29, 0.717) is 30.8 Å². The molecule has 0 aliphatic rings. The van der Waals surface area contributed by atoms with E-state index in [0.717, 1.165) is 18.8 Å². The highest BCUT2D eigenvalue weighted by atomic mass is 16.5. The minimum Gasteiger partial charge on any atom is -0.478 e. The van der Waals surface area contributed by atoms with Crippen LogP contribution in [0, 0.1) is 5.92 Å². The van der Waals surface area contributed by atoms with Crippen LogP contribution in [0.15, 0.2) is 6.07 Å². The molecular formula is C13H23N3O2. The summed E-state index contributed by atoms with van der Waals surface area (Å²) in [4.78, 5) is 8.63. The Hall–Kier alpha value is -1.36. The zero-order valence-electron chi connectivity index (χ0n) is 11.7. The van der Waals surface area contributed by atoms with Gasteiger partial charge < -0.3 is 14.8 Å². The molecule has 0 saturated carbocycles. The first-order chi connectivity index (χ1) is 8.65. The predicted octanol–water partition coefficient (Wildman–Crippen LogP) is 2.48. The van der Waals surface area contributed by atoms with Crippen molar-refractivity contribution in [1.82, 2.24) is 9.97 Å². The zero-order valence-corrected chi connectivity index (χ0v) is 11.7. The molecule has 0 aliphatic carbocycles.